The number of nitrogens with one attached hydrogen (secondary N) is 2. The Balaban J connectivity index is 2.77. The Morgan fingerprint density at radius 1 is 2.12 bits per heavy atom. The van der Waals surface area contributed by atoms with Crippen molar-refractivity contribution < 1.29 is 6.21 Å². The molecule has 44 valence electrons. The molecule has 0 spiro atoms. The molecule has 1 rings (SSSR count). The molecule has 1 aliphatic rings. The first-order chi connectivity index (χ1) is 4.13. The van der Waals surface area contributed by atoms with E-state index in [4.69, 9.17) is 6.82 Å². The lowest BCUT2D eigenvalue weighted by atomic mass is 10.6. The summed E-state index contributed by atoms with van der Waals surface area (Å²) in [6, 6.07) is 0. The van der Waals surface area contributed by atoms with E-state index in [-0.39, 0.29) is 18.4 Å². The summed E-state index contributed by atoms with van der Waals surface area (Å²) in [7, 11) is 1.61. The lowest BCUT2D eigenvalue weighted by Crippen LogP contribution is -2.25. The molecule has 0 bridgehead atoms. The van der Waals surface area contributed by atoms with Crippen molar-refractivity contribution in [3.63, 3.8) is 0 Å². The molecule has 1 heterocycles. The summed E-state index contributed by atoms with van der Waals surface area (Å²) in [6.07, 6.45) is 0. The molecule has 2 N–H and O–H groups in total. The van der Waals surface area contributed by atoms with Gasteiger partial charge in [-0.25, -0.2) is 0 Å². The van der Waals surface area contributed by atoms with Crippen LogP contribution in [0.3, 0.4) is 0 Å². The fraction of sp³-hybridized carbons (Fsp3) is 0.500. The van der Waals surface area contributed by atoms with Crippen molar-refractivity contribution in [1.82, 2.24) is 10.2 Å². The summed E-state index contributed by atoms with van der Waals surface area (Å²) in [6.45, 7) is 0.155. The van der Waals surface area contributed by atoms with Crippen LogP contribution in [0.25, 0.3) is 0 Å². The molecule has 8 heavy (non-hydrogen) atoms. The van der Waals surface area contributed by atoms with Gasteiger partial charge in [-0.05, 0) is 0 Å². The lowest BCUT2D eigenvalue weighted by molar-refractivity contribution is -0.118. The van der Waals surface area contributed by atoms with Crippen LogP contribution in [0.2, 0.25) is 1.41 Å². The van der Waals surface area contributed by atoms with E-state index in [1.807, 2.05) is 0 Å². The number of amides is 1. The highest BCUT2D eigenvalue weighted by atomic mass is 16.2. The predicted octanol–water partition coefficient (Wildman–Crippen LogP) is -1.02. The molecule has 0 atom stereocenters. The topological polar surface area (TPSA) is 56.2 Å². The van der Waals surface area contributed by atoms with Crippen molar-refractivity contribution >= 4 is 11.9 Å². The van der Waals surface area contributed by atoms with Gasteiger partial charge in [0, 0.05) is 7.05 Å². The smallest absolute Gasteiger partial charge is 0.246 e. The zero-order chi connectivity index (χ0) is 7.02. The minimum atomic E-state index is -0.345. The zero-order valence-corrected chi connectivity index (χ0v) is 4.51. The summed E-state index contributed by atoms with van der Waals surface area (Å²) in [4.78, 5) is 12.0. The SMILES string of the molecule is [3H]N1C(=N)N(C)CC1=O. The van der Waals surface area contributed by atoms with Gasteiger partial charge in [0.05, 0.1) is 6.54 Å². The zero-order valence-electron chi connectivity index (χ0n) is 5.51. The molecule has 0 radical (unpaired) electrons. The Hall–Kier alpha value is -1.06. The van der Waals surface area contributed by atoms with E-state index in [9.17, 15) is 4.79 Å². The van der Waals surface area contributed by atoms with Gasteiger partial charge in [-0.2, -0.15) is 0 Å². The third-order valence-corrected chi connectivity index (χ3v) is 0.965. The van der Waals surface area contributed by atoms with E-state index < -0.39 is 0 Å². The number of rotatable bonds is 0. The van der Waals surface area contributed by atoms with Gasteiger partial charge in [0.25, 0.3) is 0 Å². The fourth-order valence-corrected chi connectivity index (χ4v) is 0.517. The predicted molar refractivity (Wildman–Crippen MR) is 28.5 cm³/mol. The van der Waals surface area contributed by atoms with Gasteiger partial charge >= 0.3 is 0 Å². The standard InChI is InChI=1S/C4H7N3O/c1-7-2-3(8)6-4(7)5/h2H2,1H3,(H2,5,6,8)/i/hT. The van der Waals surface area contributed by atoms with Gasteiger partial charge in [-0.1, -0.05) is 0 Å². The number of nitrogens with zero attached hydrogens (tertiary/aromatic N) is 1. The number of carbonyl (C=O) groups excluding carboxylic acids is 1. The Kier molecular flexibility index (Phi) is 0.712. The minimum Gasteiger partial charge on any atom is -0.337 e. The van der Waals surface area contributed by atoms with Gasteiger partial charge < -0.3 is 4.90 Å². The third kappa shape index (κ3) is 0.641. The van der Waals surface area contributed by atoms with Crippen molar-refractivity contribution in [1.29, 1.82) is 5.41 Å². The Labute approximate surface area is 48.4 Å². The summed E-state index contributed by atoms with van der Waals surface area (Å²) in [5, 5.41) is 7.62. The van der Waals surface area contributed by atoms with Gasteiger partial charge in [-0.3, -0.25) is 15.5 Å². The molecule has 0 saturated carbocycles. The van der Waals surface area contributed by atoms with Crippen molar-refractivity contribution in [3.8, 4) is 0 Å². The van der Waals surface area contributed by atoms with E-state index in [2.05, 4.69) is 0 Å². The van der Waals surface area contributed by atoms with Crippen molar-refractivity contribution in [2.75, 3.05) is 13.6 Å². The van der Waals surface area contributed by atoms with Crippen molar-refractivity contribution in [2.24, 2.45) is 0 Å². The van der Waals surface area contributed by atoms with E-state index >= 15 is 0 Å². The summed E-state index contributed by atoms with van der Waals surface area (Å²) in [5.41, 5.74) is 0. The van der Waals surface area contributed by atoms with Crippen LogP contribution in [0.1, 0.15) is 0 Å². The quantitative estimate of drug-likeness (QED) is 0.424. The number of guanidine groups is 1. The maximum atomic E-state index is 10.6. The minimum absolute atomic E-state index is 0.0556. The van der Waals surface area contributed by atoms with Crippen LogP contribution < -0.4 is 5.31 Å². The van der Waals surface area contributed by atoms with Crippen molar-refractivity contribution in [3.05, 3.63) is 0 Å². The molecule has 1 saturated heterocycles. The van der Waals surface area contributed by atoms with Gasteiger partial charge in [0.2, 0.25) is 5.91 Å². The molecule has 4 heteroatoms. The molecule has 1 fully saturated rings. The van der Waals surface area contributed by atoms with Crippen LogP contribution in [0.5, 0.6) is 0 Å². The highest BCUT2D eigenvalue weighted by Crippen LogP contribution is 1.89. The summed E-state index contributed by atoms with van der Waals surface area (Å²) >= 11 is 0. The molecule has 0 aromatic carbocycles. The largest absolute Gasteiger partial charge is 0.337 e. The van der Waals surface area contributed by atoms with E-state index in [0.717, 1.165) is 0 Å². The van der Waals surface area contributed by atoms with Crippen LogP contribution in [-0.2, 0) is 4.79 Å². The maximum Gasteiger partial charge on any atom is 0.246 e. The Morgan fingerprint density at radius 2 is 2.75 bits per heavy atom. The number of hydrogen-bond donors (Lipinski definition) is 2. The van der Waals surface area contributed by atoms with E-state index in [1.165, 1.54) is 4.90 Å². The number of likely N-dealkylation sites (N-methyl/N-ethyl adjacent to an activating group) is 1. The van der Waals surface area contributed by atoms with Gasteiger partial charge in [0.15, 0.2) is 7.37 Å². The van der Waals surface area contributed by atoms with Crippen LogP contribution in [0.15, 0.2) is 0 Å². The third-order valence-electron chi connectivity index (χ3n) is 0.965. The first-order valence-electron chi connectivity index (χ1n) is 2.69. The highest BCUT2D eigenvalue weighted by molar-refractivity contribution is 6.02. The normalized spacial score (nSPS) is 22.4. The van der Waals surface area contributed by atoms with Gasteiger partial charge in [0.1, 0.15) is 0 Å². The fourth-order valence-electron chi connectivity index (χ4n) is 0.517. The van der Waals surface area contributed by atoms with E-state index in [0.29, 0.717) is 5.31 Å². The molecule has 1 amide bonds. The average Bonchev–Trinajstić information content (AvgIpc) is 1.98. The summed E-state index contributed by atoms with van der Waals surface area (Å²) in [5.74, 6) is -0.400. The molecule has 4 nitrogen and oxygen atoms in total. The van der Waals surface area contributed by atoms with Gasteiger partial charge in [-0.15, -0.1) is 0 Å². The molecule has 0 aromatic heterocycles. The molecular weight excluding hydrogens is 106 g/mol. The Bertz CT molecular complexity index is 169. The maximum absolute atomic E-state index is 10.6. The molecule has 0 aliphatic carbocycles. The first-order valence-corrected chi connectivity index (χ1v) is 2.24. The monoisotopic (exact) mass is 115 g/mol. The van der Waals surface area contributed by atoms with Crippen molar-refractivity contribution in [2.45, 2.75) is 0 Å². The summed E-state index contributed by atoms with van der Waals surface area (Å²) < 4.78 is 6.89. The van der Waals surface area contributed by atoms with E-state index in [1.54, 1.807) is 7.05 Å². The average molecular weight is 115 g/mol. The molecule has 1 aliphatic heterocycles. The second-order valence-corrected chi connectivity index (χ2v) is 1.69. The number of carbonyl (C=O) groups is 1. The first kappa shape index (κ1) is 3.88. The lowest BCUT2D eigenvalue weighted by Gasteiger charge is -2.03. The molecule has 0 unspecified atom stereocenters. The van der Waals surface area contributed by atoms with Crippen LogP contribution >= 0.6 is 0 Å². The molecular formula is C4H7N3O. The Morgan fingerprint density at radius 3 is 2.88 bits per heavy atom. The highest BCUT2D eigenvalue weighted by Gasteiger charge is 2.18. The van der Waals surface area contributed by atoms with Crippen LogP contribution in [0.4, 0.5) is 0 Å². The number of hydrogen-bond acceptors (Lipinski definition) is 2. The second-order valence-electron chi connectivity index (χ2n) is 1.69. The molecule has 0 aromatic rings. The van der Waals surface area contributed by atoms with Crippen LogP contribution in [0, 0.1) is 5.41 Å². The van der Waals surface area contributed by atoms with Crippen LogP contribution in [-0.4, -0.2) is 30.4 Å². The second kappa shape index (κ2) is 1.47.